The Hall–Kier alpha value is -0.266. The average molecular weight is 352 g/mol. The van der Waals surface area contributed by atoms with Gasteiger partial charge in [-0.2, -0.15) is 0 Å². The molecule has 0 N–H and O–H groups in total. The number of carbonyl (C=O) groups is 2. The van der Waals surface area contributed by atoms with Gasteiger partial charge in [-0.1, -0.05) is 20.8 Å². The molecule has 0 unspecified atom stereocenters. The zero-order chi connectivity index (χ0) is 16.1. The van der Waals surface area contributed by atoms with Crippen molar-refractivity contribution in [3.63, 3.8) is 0 Å². The summed E-state index contributed by atoms with van der Waals surface area (Å²) in [6.45, 7) is 8.33. The second-order valence-electron chi connectivity index (χ2n) is 4.77. The van der Waals surface area contributed by atoms with Crippen LogP contribution in [0.15, 0.2) is 0 Å². The molecular formula is C15H28O6Ti. The monoisotopic (exact) mass is 352 g/mol. The van der Waals surface area contributed by atoms with Gasteiger partial charge in [-0.25, -0.2) is 0 Å². The third kappa shape index (κ3) is 11.3. The number of hydrogen-bond donors (Lipinski definition) is 0. The topological polar surface area (TPSA) is 71.1 Å². The maximum absolute atomic E-state index is 11.5. The van der Waals surface area contributed by atoms with Crippen molar-refractivity contribution in [3.8, 4) is 0 Å². The Morgan fingerprint density at radius 3 is 1.59 bits per heavy atom. The van der Waals surface area contributed by atoms with Crippen molar-refractivity contribution >= 4 is 11.8 Å². The molecule has 0 atom stereocenters. The predicted octanol–water partition coefficient (Wildman–Crippen LogP) is 2.44. The summed E-state index contributed by atoms with van der Waals surface area (Å²) in [5, 5.41) is 0. The van der Waals surface area contributed by atoms with Crippen LogP contribution in [-0.4, -0.2) is 44.2 Å². The Balaban J connectivity index is 0. The van der Waals surface area contributed by atoms with Crippen LogP contribution in [0.5, 0.6) is 0 Å². The summed E-state index contributed by atoms with van der Waals surface area (Å²) in [6.07, 6.45) is 2.10. The first-order valence-electron chi connectivity index (χ1n) is 7.56. The molecule has 0 aromatic rings. The molecule has 0 saturated carbocycles. The van der Waals surface area contributed by atoms with Crippen LogP contribution in [0.4, 0.5) is 0 Å². The van der Waals surface area contributed by atoms with Gasteiger partial charge in [-0.3, -0.25) is 9.59 Å². The van der Waals surface area contributed by atoms with Gasteiger partial charge in [0.2, 0.25) is 0 Å². The molecule has 0 heterocycles. The first kappa shape index (κ1) is 24.0. The van der Waals surface area contributed by atoms with Crippen LogP contribution in [-0.2, 0) is 50.3 Å². The Kier molecular flexibility index (Phi) is 15.6. The van der Waals surface area contributed by atoms with Gasteiger partial charge >= 0.3 is 11.9 Å². The van der Waals surface area contributed by atoms with Crippen molar-refractivity contribution in [2.45, 2.75) is 59.4 Å². The van der Waals surface area contributed by atoms with E-state index >= 15 is 0 Å². The molecule has 0 amide bonds. The van der Waals surface area contributed by atoms with Crippen molar-refractivity contribution in [2.75, 3.05) is 26.4 Å². The number of carbonyl (C=O) groups excluding carboxylic acids is 2. The summed E-state index contributed by atoms with van der Waals surface area (Å²) in [6, 6.07) is 0. The summed E-state index contributed by atoms with van der Waals surface area (Å²) < 4.78 is 22.0. The molecule has 0 radical (unpaired) electrons. The third-order valence-corrected chi connectivity index (χ3v) is 2.38. The van der Waals surface area contributed by atoms with E-state index in [0.29, 0.717) is 19.8 Å². The van der Waals surface area contributed by atoms with E-state index in [1.54, 1.807) is 0 Å². The van der Waals surface area contributed by atoms with E-state index in [4.69, 9.17) is 18.9 Å². The molecule has 0 rings (SSSR count). The summed E-state index contributed by atoms with van der Waals surface area (Å²) in [5.41, 5.74) is 0. The zero-order valence-electron chi connectivity index (χ0n) is 14.1. The molecule has 0 spiro atoms. The van der Waals surface area contributed by atoms with Gasteiger partial charge in [0.25, 0.3) is 0 Å². The molecule has 0 aliphatic carbocycles. The second kappa shape index (κ2) is 14.3. The van der Waals surface area contributed by atoms with Crippen LogP contribution in [0.3, 0.4) is 0 Å². The van der Waals surface area contributed by atoms with Gasteiger partial charge in [0, 0.05) is 21.7 Å². The van der Waals surface area contributed by atoms with Crippen LogP contribution in [0.2, 0.25) is 0 Å². The fourth-order valence-electron chi connectivity index (χ4n) is 1.45. The summed E-state index contributed by atoms with van der Waals surface area (Å²) in [4.78, 5) is 22.4. The van der Waals surface area contributed by atoms with Gasteiger partial charge in [0.1, 0.15) is 12.2 Å². The molecule has 0 aliphatic heterocycles. The average Bonchev–Trinajstić information content (AvgIpc) is 2.45. The third-order valence-electron chi connectivity index (χ3n) is 2.38. The standard InChI is InChI=1S/C15H28O6.Ti/c1-5-8-19-15(20-9-6-2,21-10-7-3)12-18-14(17)11-13(4)16;/h5-12H2,1-4H3;. The minimum absolute atomic E-state index is 0. The van der Waals surface area contributed by atoms with Crippen molar-refractivity contribution < 1.29 is 50.3 Å². The molecule has 6 nitrogen and oxygen atoms in total. The number of ketones is 1. The predicted molar refractivity (Wildman–Crippen MR) is 77.7 cm³/mol. The number of rotatable bonds is 13. The molecule has 0 aromatic carbocycles. The van der Waals surface area contributed by atoms with E-state index in [0.717, 1.165) is 19.3 Å². The Labute approximate surface area is 148 Å². The second-order valence-corrected chi connectivity index (χ2v) is 4.77. The largest absolute Gasteiger partial charge is 0.457 e. The number of hydrogen-bond acceptors (Lipinski definition) is 6. The van der Waals surface area contributed by atoms with Gasteiger partial charge in [-0.15, -0.1) is 0 Å². The molecule has 7 heteroatoms. The molecule has 22 heavy (non-hydrogen) atoms. The van der Waals surface area contributed by atoms with Crippen LogP contribution in [0, 0.1) is 0 Å². The molecule has 0 bridgehead atoms. The molecule has 0 saturated heterocycles. The summed E-state index contributed by atoms with van der Waals surface area (Å²) in [7, 11) is 0. The van der Waals surface area contributed by atoms with E-state index in [1.165, 1.54) is 6.92 Å². The molecule has 0 aliphatic rings. The van der Waals surface area contributed by atoms with E-state index in [9.17, 15) is 9.59 Å². The first-order valence-corrected chi connectivity index (χ1v) is 7.56. The van der Waals surface area contributed by atoms with Gasteiger partial charge in [0.15, 0.2) is 6.61 Å². The van der Waals surface area contributed by atoms with E-state index < -0.39 is 11.9 Å². The Morgan fingerprint density at radius 1 is 0.864 bits per heavy atom. The number of esters is 1. The fraction of sp³-hybridized carbons (Fsp3) is 0.867. The molecular weight excluding hydrogens is 324 g/mol. The SMILES string of the molecule is CCCOC(COC(=O)CC(C)=O)(OCCC)OCCC.[Ti]. The van der Waals surface area contributed by atoms with Crippen molar-refractivity contribution in [1.29, 1.82) is 0 Å². The Bertz CT molecular complexity index is 287. The van der Waals surface area contributed by atoms with Crippen molar-refractivity contribution in [2.24, 2.45) is 0 Å². The molecule has 0 fully saturated rings. The molecule has 128 valence electrons. The minimum Gasteiger partial charge on any atom is -0.457 e. The van der Waals surface area contributed by atoms with E-state index in [2.05, 4.69) is 0 Å². The fourth-order valence-corrected chi connectivity index (χ4v) is 1.45. The zero-order valence-corrected chi connectivity index (χ0v) is 15.7. The van der Waals surface area contributed by atoms with E-state index in [1.807, 2.05) is 20.8 Å². The quantitative estimate of drug-likeness (QED) is 0.219. The smallest absolute Gasteiger partial charge is 0.319 e. The van der Waals surface area contributed by atoms with Crippen LogP contribution >= 0.6 is 0 Å². The number of ether oxygens (including phenoxy) is 4. The maximum atomic E-state index is 11.5. The normalized spacial score (nSPS) is 10.9. The van der Waals surface area contributed by atoms with Gasteiger partial charge < -0.3 is 18.9 Å². The molecule has 0 aromatic heterocycles. The summed E-state index contributed by atoms with van der Waals surface area (Å²) in [5.74, 6) is -2.23. The summed E-state index contributed by atoms with van der Waals surface area (Å²) >= 11 is 0. The Morgan fingerprint density at radius 2 is 1.27 bits per heavy atom. The van der Waals surface area contributed by atoms with Crippen LogP contribution < -0.4 is 0 Å². The van der Waals surface area contributed by atoms with Crippen molar-refractivity contribution in [3.05, 3.63) is 0 Å². The number of Topliss-reactive ketones (excluding diaryl/α,β-unsaturated/α-hetero) is 1. The minimum atomic E-state index is -1.38. The van der Waals surface area contributed by atoms with E-state index in [-0.39, 0.29) is 40.5 Å². The van der Waals surface area contributed by atoms with Crippen molar-refractivity contribution in [1.82, 2.24) is 0 Å². The maximum Gasteiger partial charge on any atom is 0.319 e. The van der Waals surface area contributed by atoms with Gasteiger partial charge in [0.05, 0.1) is 19.8 Å². The first-order chi connectivity index (χ1) is 9.99. The van der Waals surface area contributed by atoms with Crippen LogP contribution in [0.25, 0.3) is 0 Å². The van der Waals surface area contributed by atoms with Crippen LogP contribution in [0.1, 0.15) is 53.4 Å². The van der Waals surface area contributed by atoms with Gasteiger partial charge in [-0.05, 0) is 26.2 Å².